The van der Waals surface area contributed by atoms with Crippen LogP contribution >= 0.6 is 23.2 Å². The van der Waals surface area contributed by atoms with Gasteiger partial charge in [0.05, 0.1) is 10.0 Å². The Balaban J connectivity index is 2.02. The maximum absolute atomic E-state index is 14.3. The lowest BCUT2D eigenvalue weighted by atomic mass is 9.55. The van der Waals surface area contributed by atoms with E-state index in [2.05, 4.69) is 0 Å². The van der Waals surface area contributed by atoms with Crippen LogP contribution in [0.25, 0.3) is 0 Å². The van der Waals surface area contributed by atoms with Gasteiger partial charge in [0.1, 0.15) is 5.67 Å². The molecule has 0 saturated heterocycles. The van der Waals surface area contributed by atoms with Gasteiger partial charge in [-0.3, -0.25) is 0 Å². The van der Waals surface area contributed by atoms with Crippen LogP contribution in [-0.2, 0) is 0 Å². The van der Waals surface area contributed by atoms with Crippen molar-refractivity contribution in [3.8, 4) is 5.75 Å². The molecule has 1 aromatic carbocycles. The first-order chi connectivity index (χ1) is 9.78. The molecule has 1 aromatic rings. The predicted molar refractivity (Wildman–Crippen MR) is 79.0 cm³/mol. The molecule has 3 fully saturated rings. The number of halogens is 4. The highest BCUT2D eigenvalue weighted by Crippen LogP contribution is 2.59. The van der Waals surface area contributed by atoms with Gasteiger partial charge in [-0.25, -0.2) is 8.78 Å². The molecule has 2 bridgehead atoms. The molecule has 0 heterocycles. The Labute approximate surface area is 132 Å². The number of aromatic hydroxyl groups is 1. The minimum Gasteiger partial charge on any atom is -0.505 e. The Bertz CT molecular complexity index is 543. The summed E-state index contributed by atoms with van der Waals surface area (Å²) in [6.07, 6.45) is 3.17. The van der Waals surface area contributed by atoms with Gasteiger partial charge >= 0.3 is 0 Å². The molecular formula is C15H17Cl2F2NO. The standard InChI is InChI=1S/C15H17Cl2F2NO/c16-8-7-9(21)12(18)10(11(8)17)13(20)14-1-4-15(19,5-2-14)6-3-14/h7,13,21H,1-6,20H2/t13-,14?,15?/m1/s1. The van der Waals surface area contributed by atoms with Crippen molar-refractivity contribution < 1.29 is 13.9 Å². The number of hydrogen-bond acceptors (Lipinski definition) is 2. The van der Waals surface area contributed by atoms with Crippen LogP contribution in [0.5, 0.6) is 5.75 Å². The molecule has 0 aliphatic heterocycles. The lowest BCUT2D eigenvalue weighted by molar-refractivity contribution is -0.0482. The second-order valence-corrected chi connectivity index (χ2v) is 7.20. The van der Waals surface area contributed by atoms with Crippen molar-refractivity contribution in [2.24, 2.45) is 11.1 Å². The van der Waals surface area contributed by atoms with Gasteiger partial charge in [0.15, 0.2) is 11.6 Å². The number of alkyl halides is 1. The minimum atomic E-state index is -1.08. The zero-order valence-electron chi connectivity index (χ0n) is 11.4. The highest BCUT2D eigenvalue weighted by molar-refractivity contribution is 6.42. The molecule has 1 atom stereocenters. The summed E-state index contributed by atoms with van der Waals surface area (Å²) in [5, 5.41) is 9.74. The summed E-state index contributed by atoms with van der Waals surface area (Å²) in [5.74, 6) is -1.38. The molecule has 3 saturated carbocycles. The van der Waals surface area contributed by atoms with Crippen LogP contribution in [0.3, 0.4) is 0 Å². The number of phenolic OH excluding ortho intramolecular Hbond substituents is 1. The summed E-state index contributed by atoms with van der Waals surface area (Å²) < 4.78 is 28.6. The molecule has 0 unspecified atom stereocenters. The number of fused-ring (bicyclic) bond motifs is 3. The fourth-order valence-electron chi connectivity index (χ4n) is 3.82. The first kappa shape index (κ1) is 15.3. The average molecular weight is 336 g/mol. The van der Waals surface area contributed by atoms with Gasteiger partial charge in [0, 0.05) is 17.7 Å². The van der Waals surface area contributed by atoms with Crippen molar-refractivity contribution in [1.82, 2.24) is 0 Å². The molecular weight excluding hydrogens is 319 g/mol. The van der Waals surface area contributed by atoms with E-state index in [1.807, 2.05) is 0 Å². The zero-order valence-corrected chi connectivity index (χ0v) is 12.9. The Hall–Kier alpha value is -0.580. The Morgan fingerprint density at radius 2 is 1.67 bits per heavy atom. The maximum Gasteiger partial charge on any atom is 0.171 e. The van der Waals surface area contributed by atoms with E-state index < -0.39 is 23.3 Å². The third-order valence-electron chi connectivity index (χ3n) is 5.35. The van der Waals surface area contributed by atoms with E-state index >= 15 is 0 Å². The van der Waals surface area contributed by atoms with Crippen molar-refractivity contribution in [3.05, 3.63) is 27.5 Å². The van der Waals surface area contributed by atoms with Crippen molar-refractivity contribution in [3.63, 3.8) is 0 Å². The first-order valence-electron chi connectivity index (χ1n) is 7.09. The summed E-state index contributed by atoms with van der Waals surface area (Å²) in [5.41, 5.74) is 4.91. The molecule has 21 heavy (non-hydrogen) atoms. The monoisotopic (exact) mass is 335 g/mol. The van der Waals surface area contributed by atoms with Crippen LogP contribution in [0, 0.1) is 11.2 Å². The lowest BCUT2D eigenvalue weighted by Gasteiger charge is -2.52. The summed E-state index contributed by atoms with van der Waals surface area (Å²) in [4.78, 5) is 0. The first-order valence-corrected chi connectivity index (χ1v) is 7.84. The van der Waals surface area contributed by atoms with Crippen LogP contribution < -0.4 is 5.73 Å². The van der Waals surface area contributed by atoms with Gasteiger partial charge in [-0.2, -0.15) is 0 Å². The van der Waals surface area contributed by atoms with Crippen LogP contribution in [0.2, 0.25) is 10.0 Å². The SMILES string of the molecule is N[C@H](c1c(F)c(O)cc(Cl)c1Cl)C12CCC(F)(CC1)CC2. The fourth-order valence-corrected chi connectivity index (χ4v) is 4.28. The average Bonchev–Trinajstić information content (AvgIpc) is 2.46. The third kappa shape index (κ3) is 2.32. The Morgan fingerprint density at radius 3 is 2.19 bits per heavy atom. The van der Waals surface area contributed by atoms with E-state index in [9.17, 15) is 13.9 Å². The molecule has 0 spiro atoms. The molecule has 116 valence electrons. The summed E-state index contributed by atoms with van der Waals surface area (Å²) in [6, 6.07) is 0.376. The number of benzene rings is 1. The molecule has 6 heteroatoms. The maximum atomic E-state index is 14.3. The zero-order chi connectivity index (χ0) is 15.4. The van der Waals surface area contributed by atoms with Gasteiger partial charge in [0.2, 0.25) is 0 Å². The predicted octanol–water partition coefficient (Wildman–Crippen LogP) is 4.90. The highest BCUT2D eigenvalue weighted by Gasteiger charge is 2.52. The third-order valence-corrected chi connectivity index (χ3v) is 6.16. The van der Waals surface area contributed by atoms with Crippen molar-refractivity contribution in [1.29, 1.82) is 0 Å². The number of phenols is 1. The van der Waals surface area contributed by atoms with Gasteiger partial charge in [-0.1, -0.05) is 23.2 Å². The molecule has 3 aliphatic carbocycles. The normalized spacial score (nSPS) is 33.2. The Kier molecular flexibility index (Phi) is 3.62. The minimum absolute atomic E-state index is 0.0384. The summed E-state index contributed by atoms with van der Waals surface area (Å²) >= 11 is 12.0. The lowest BCUT2D eigenvalue weighted by Crippen LogP contribution is -2.48. The van der Waals surface area contributed by atoms with E-state index in [0.29, 0.717) is 38.5 Å². The summed E-state index contributed by atoms with van der Waals surface area (Å²) in [6.45, 7) is 0. The number of nitrogens with two attached hydrogens (primary N) is 1. The molecule has 4 rings (SSSR count). The quantitative estimate of drug-likeness (QED) is 0.755. The van der Waals surface area contributed by atoms with Crippen LogP contribution in [0.1, 0.15) is 50.1 Å². The molecule has 0 radical (unpaired) electrons. The van der Waals surface area contributed by atoms with Gasteiger partial charge < -0.3 is 10.8 Å². The van der Waals surface area contributed by atoms with Gasteiger partial charge in [0.25, 0.3) is 0 Å². The second kappa shape index (κ2) is 4.97. The highest BCUT2D eigenvalue weighted by atomic mass is 35.5. The van der Waals surface area contributed by atoms with E-state index in [4.69, 9.17) is 28.9 Å². The number of hydrogen-bond donors (Lipinski definition) is 2. The molecule has 3 aliphatic rings. The van der Waals surface area contributed by atoms with Crippen LogP contribution in [-0.4, -0.2) is 10.8 Å². The van der Waals surface area contributed by atoms with Crippen molar-refractivity contribution in [2.75, 3.05) is 0 Å². The molecule has 0 amide bonds. The Morgan fingerprint density at radius 1 is 1.14 bits per heavy atom. The van der Waals surface area contributed by atoms with Crippen LogP contribution in [0.15, 0.2) is 6.07 Å². The fraction of sp³-hybridized carbons (Fsp3) is 0.600. The van der Waals surface area contributed by atoms with Gasteiger partial charge in [-0.05, 0) is 43.9 Å². The van der Waals surface area contributed by atoms with Gasteiger partial charge in [-0.15, -0.1) is 0 Å². The summed E-state index contributed by atoms with van der Waals surface area (Å²) in [7, 11) is 0. The van der Waals surface area contributed by atoms with E-state index in [0.717, 1.165) is 6.07 Å². The molecule has 2 nitrogen and oxygen atoms in total. The van der Waals surface area contributed by atoms with E-state index in [-0.39, 0.29) is 21.0 Å². The largest absolute Gasteiger partial charge is 0.505 e. The van der Waals surface area contributed by atoms with Crippen molar-refractivity contribution in [2.45, 2.75) is 50.2 Å². The second-order valence-electron chi connectivity index (χ2n) is 6.41. The number of rotatable bonds is 2. The van der Waals surface area contributed by atoms with E-state index in [1.54, 1.807) is 0 Å². The topological polar surface area (TPSA) is 46.2 Å². The van der Waals surface area contributed by atoms with Crippen LogP contribution in [0.4, 0.5) is 8.78 Å². The molecule has 0 aromatic heterocycles. The van der Waals surface area contributed by atoms with Crippen molar-refractivity contribution >= 4 is 23.2 Å². The van der Waals surface area contributed by atoms with E-state index in [1.165, 1.54) is 0 Å². The molecule has 3 N–H and O–H groups in total. The smallest absolute Gasteiger partial charge is 0.171 e.